The van der Waals surface area contributed by atoms with Gasteiger partial charge in [0, 0.05) is 44.7 Å². The second kappa shape index (κ2) is 13.6. The van der Waals surface area contributed by atoms with E-state index < -0.39 is 66.8 Å². The second-order valence-electron chi connectivity index (χ2n) is 9.96. The third kappa shape index (κ3) is 7.35. The summed E-state index contributed by atoms with van der Waals surface area (Å²) in [6.45, 7) is 5.80. The van der Waals surface area contributed by atoms with E-state index in [1.165, 1.54) is 13.0 Å². The van der Waals surface area contributed by atoms with Crippen LogP contribution in [0.2, 0.25) is 0 Å². The zero-order valence-electron chi connectivity index (χ0n) is 24.9. The number of hydrogen-bond donors (Lipinski definition) is 0. The minimum absolute atomic E-state index is 0.174. The molecule has 0 bridgehead atoms. The molecule has 13 heteroatoms. The minimum atomic E-state index is -1.46. The molecule has 4 rings (SSSR count). The minimum Gasteiger partial charge on any atom is -0.497 e. The molecule has 13 nitrogen and oxygen atoms in total. The van der Waals surface area contributed by atoms with Gasteiger partial charge in [-0.05, 0) is 42.3 Å². The predicted molar refractivity (Wildman–Crippen MR) is 152 cm³/mol. The number of carbonyl (C=O) groups excluding carboxylic acids is 4. The van der Waals surface area contributed by atoms with Crippen molar-refractivity contribution in [3.05, 3.63) is 58.4 Å². The van der Waals surface area contributed by atoms with E-state index in [1.807, 2.05) is 12.1 Å². The normalized spacial score (nSPS) is 21.2. The first-order valence-corrected chi connectivity index (χ1v) is 13.6. The Hall–Kier alpha value is -4.91. The van der Waals surface area contributed by atoms with Crippen LogP contribution in [0.5, 0.6) is 11.5 Å². The molecule has 2 heterocycles. The first-order valence-electron chi connectivity index (χ1n) is 13.6. The van der Waals surface area contributed by atoms with Crippen LogP contribution >= 0.6 is 0 Å². The quantitative estimate of drug-likeness (QED) is 0.197. The summed E-state index contributed by atoms with van der Waals surface area (Å²) >= 11 is 0. The summed E-state index contributed by atoms with van der Waals surface area (Å²) < 4.78 is 44.4. The lowest BCUT2D eigenvalue weighted by Crippen LogP contribution is -2.63. The van der Waals surface area contributed by atoms with E-state index in [4.69, 9.17) is 37.6 Å². The van der Waals surface area contributed by atoms with Crippen molar-refractivity contribution < 1.29 is 56.8 Å². The fourth-order valence-corrected chi connectivity index (χ4v) is 4.89. The van der Waals surface area contributed by atoms with E-state index in [2.05, 4.69) is 0 Å². The van der Waals surface area contributed by atoms with Crippen LogP contribution in [-0.4, -0.2) is 68.3 Å². The van der Waals surface area contributed by atoms with Crippen LogP contribution in [0, 0.1) is 6.92 Å². The molecule has 1 fully saturated rings. The molecular weight excluding hydrogens is 580 g/mol. The smallest absolute Gasteiger partial charge is 0.336 e. The monoisotopic (exact) mass is 612 g/mol. The summed E-state index contributed by atoms with van der Waals surface area (Å²) in [5, 5.41) is 0.612. The maximum Gasteiger partial charge on any atom is 0.336 e. The average Bonchev–Trinajstić information content (AvgIpc) is 2.95. The summed E-state index contributed by atoms with van der Waals surface area (Å²) in [6.07, 6.45) is -6.81. The number of hydrogen-bond acceptors (Lipinski definition) is 13. The molecular formula is C31H32O13. The van der Waals surface area contributed by atoms with Gasteiger partial charge in [-0.25, -0.2) is 4.79 Å². The SMILES string of the molecule is COc1ccc(-c2cc(=O)oc3c(C)c(O[C@@H]4O[C@H](COC(C)=O)[C@H](OC(C)=O)[C@H](OC(C)=O)[C@H]4OC(C)=O)ccc23)cc1. The van der Waals surface area contributed by atoms with Crippen molar-refractivity contribution in [1.29, 1.82) is 0 Å². The van der Waals surface area contributed by atoms with E-state index in [0.29, 0.717) is 22.3 Å². The molecule has 0 unspecified atom stereocenters. The molecule has 1 aromatic heterocycles. The van der Waals surface area contributed by atoms with Gasteiger partial charge in [0.15, 0.2) is 12.2 Å². The summed E-state index contributed by atoms with van der Waals surface area (Å²) in [7, 11) is 1.55. The van der Waals surface area contributed by atoms with Crippen LogP contribution < -0.4 is 15.1 Å². The molecule has 0 aliphatic carbocycles. The van der Waals surface area contributed by atoms with Crippen LogP contribution in [-0.2, 0) is 42.9 Å². The van der Waals surface area contributed by atoms with Crippen molar-refractivity contribution in [2.24, 2.45) is 0 Å². The highest BCUT2D eigenvalue weighted by atomic mass is 16.7. The number of aryl methyl sites for hydroxylation is 1. The molecule has 1 saturated heterocycles. The zero-order chi connectivity index (χ0) is 32.1. The topological polar surface area (TPSA) is 163 Å². The first-order chi connectivity index (χ1) is 20.9. The number of carbonyl (C=O) groups is 4. The summed E-state index contributed by atoms with van der Waals surface area (Å²) in [6, 6.07) is 11.8. The largest absolute Gasteiger partial charge is 0.497 e. The second-order valence-corrected chi connectivity index (χ2v) is 9.96. The molecule has 1 aliphatic rings. The molecule has 0 amide bonds. The van der Waals surface area contributed by atoms with Gasteiger partial charge in [0.25, 0.3) is 0 Å². The van der Waals surface area contributed by atoms with Gasteiger partial charge in [0.1, 0.15) is 29.8 Å². The molecule has 0 saturated carbocycles. The maximum atomic E-state index is 12.6. The Morgan fingerprint density at radius 1 is 0.795 bits per heavy atom. The maximum absolute atomic E-state index is 12.6. The highest BCUT2D eigenvalue weighted by molar-refractivity contribution is 5.95. The van der Waals surface area contributed by atoms with Gasteiger partial charge in [-0.2, -0.15) is 0 Å². The number of ether oxygens (including phenoxy) is 7. The summed E-state index contributed by atoms with van der Waals surface area (Å²) in [5.74, 6) is -2.11. The van der Waals surface area contributed by atoms with Crippen LogP contribution in [0.1, 0.15) is 33.3 Å². The lowest BCUT2D eigenvalue weighted by Gasteiger charge is -2.44. The molecule has 0 radical (unpaired) electrons. The van der Waals surface area contributed by atoms with Crippen molar-refractivity contribution >= 4 is 34.8 Å². The number of esters is 4. The summed E-state index contributed by atoms with van der Waals surface area (Å²) in [5.41, 5.74) is 1.39. The number of rotatable bonds is 9. The third-order valence-corrected chi connectivity index (χ3v) is 6.70. The Morgan fingerprint density at radius 2 is 1.41 bits per heavy atom. The molecule has 0 spiro atoms. The van der Waals surface area contributed by atoms with Crippen LogP contribution in [0.15, 0.2) is 51.7 Å². The Morgan fingerprint density at radius 3 is 2.00 bits per heavy atom. The van der Waals surface area contributed by atoms with Gasteiger partial charge < -0.3 is 37.6 Å². The average molecular weight is 613 g/mol. The molecule has 5 atom stereocenters. The van der Waals surface area contributed by atoms with E-state index in [0.717, 1.165) is 26.3 Å². The van der Waals surface area contributed by atoms with Crippen molar-refractivity contribution in [2.45, 2.75) is 65.3 Å². The fourth-order valence-electron chi connectivity index (χ4n) is 4.89. The van der Waals surface area contributed by atoms with Crippen molar-refractivity contribution in [1.82, 2.24) is 0 Å². The summed E-state index contributed by atoms with van der Waals surface area (Å²) in [4.78, 5) is 60.5. The van der Waals surface area contributed by atoms with Gasteiger partial charge in [0.05, 0.1) is 7.11 Å². The molecule has 0 N–H and O–H groups in total. The number of benzene rings is 2. The molecule has 234 valence electrons. The predicted octanol–water partition coefficient (Wildman–Crippen LogP) is 3.24. The Labute approximate surface area is 251 Å². The van der Waals surface area contributed by atoms with Gasteiger partial charge in [-0.1, -0.05) is 12.1 Å². The Kier molecular flexibility index (Phi) is 9.89. The van der Waals surface area contributed by atoms with Gasteiger partial charge in [-0.3, -0.25) is 19.2 Å². The lowest BCUT2D eigenvalue weighted by molar-refractivity contribution is -0.288. The molecule has 2 aromatic carbocycles. The standard InChI is InChI=1S/C31H32O13/c1-15-24(12-11-22-23(13-26(36)44-27(15)22)20-7-9-21(37-6)10-8-20)42-31-30(41-19(5)35)29(40-18(4)34)28(39-17(3)33)25(43-31)14-38-16(2)32/h7-13,25,28-31H,14H2,1-6H3/t25-,28+,29+,30-,31-/m1/s1. The van der Waals surface area contributed by atoms with Gasteiger partial charge >= 0.3 is 29.5 Å². The number of fused-ring (bicyclic) bond motifs is 1. The Bertz CT molecular complexity index is 1610. The van der Waals surface area contributed by atoms with Crippen LogP contribution in [0.3, 0.4) is 0 Å². The molecule has 1 aliphatic heterocycles. The fraction of sp³-hybridized carbons (Fsp3) is 0.387. The third-order valence-electron chi connectivity index (χ3n) is 6.70. The van der Waals surface area contributed by atoms with Crippen molar-refractivity contribution in [2.75, 3.05) is 13.7 Å². The van der Waals surface area contributed by atoms with Gasteiger partial charge in [-0.15, -0.1) is 0 Å². The van der Waals surface area contributed by atoms with Crippen molar-refractivity contribution in [3.63, 3.8) is 0 Å². The Balaban J connectivity index is 1.78. The molecule has 3 aromatic rings. The van der Waals surface area contributed by atoms with E-state index in [9.17, 15) is 24.0 Å². The number of methoxy groups -OCH3 is 1. The van der Waals surface area contributed by atoms with Crippen LogP contribution in [0.4, 0.5) is 0 Å². The molecule has 44 heavy (non-hydrogen) atoms. The highest BCUT2D eigenvalue weighted by Gasteiger charge is 2.53. The van der Waals surface area contributed by atoms with Crippen molar-refractivity contribution in [3.8, 4) is 22.6 Å². The first kappa shape index (κ1) is 32.0. The highest BCUT2D eigenvalue weighted by Crippen LogP contribution is 2.36. The zero-order valence-corrected chi connectivity index (χ0v) is 24.9. The lowest BCUT2D eigenvalue weighted by atomic mass is 9.97. The van der Waals surface area contributed by atoms with E-state index >= 15 is 0 Å². The van der Waals surface area contributed by atoms with E-state index in [1.54, 1.807) is 38.3 Å². The van der Waals surface area contributed by atoms with Crippen LogP contribution in [0.25, 0.3) is 22.1 Å². The van der Waals surface area contributed by atoms with Gasteiger partial charge in [0.2, 0.25) is 12.4 Å². The van der Waals surface area contributed by atoms with E-state index in [-0.39, 0.29) is 11.3 Å².